The molecule has 0 aromatic heterocycles. The van der Waals surface area contributed by atoms with Gasteiger partial charge in [0.05, 0.1) is 6.04 Å². The fraction of sp³-hybridized carbons (Fsp3) is 0.633. The summed E-state index contributed by atoms with van der Waals surface area (Å²) >= 11 is 0. The van der Waals surface area contributed by atoms with E-state index in [9.17, 15) is 24.0 Å². The third kappa shape index (κ3) is 15.2. The van der Waals surface area contributed by atoms with E-state index in [-0.39, 0.29) is 49.1 Å². The summed E-state index contributed by atoms with van der Waals surface area (Å²) in [7, 11) is 0. The minimum atomic E-state index is -0.692. The van der Waals surface area contributed by atoms with Gasteiger partial charge >= 0.3 is 12.0 Å². The number of unbranched alkanes of at least 4 members (excludes halogenated alkanes) is 2. The van der Waals surface area contributed by atoms with Gasteiger partial charge in [-0.05, 0) is 48.8 Å². The van der Waals surface area contributed by atoms with Gasteiger partial charge in [-0.25, -0.2) is 4.79 Å². The topological polar surface area (TPSA) is 157 Å². The van der Waals surface area contributed by atoms with E-state index in [1.165, 1.54) is 6.92 Å². The average Bonchev–Trinajstić information content (AvgIpc) is 2.87. The van der Waals surface area contributed by atoms with Crippen LogP contribution in [0.5, 0.6) is 0 Å². The number of anilines is 1. The molecule has 1 aromatic rings. The Bertz CT molecular complexity index is 961. The first-order valence-corrected chi connectivity index (χ1v) is 14.3. The zero-order valence-electron chi connectivity index (χ0n) is 24.7. The van der Waals surface area contributed by atoms with Gasteiger partial charge in [0.2, 0.25) is 11.8 Å². The summed E-state index contributed by atoms with van der Waals surface area (Å²) in [6.07, 6.45) is 5.06. The zero-order chi connectivity index (χ0) is 30.1. The molecule has 0 aliphatic carbocycles. The first kappa shape index (κ1) is 34.6. The van der Waals surface area contributed by atoms with Crippen LogP contribution in [-0.4, -0.2) is 42.2 Å². The molecule has 10 heteroatoms. The highest BCUT2D eigenvalue weighted by molar-refractivity contribution is 5.97. The summed E-state index contributed by atoms with van der Waals surface area (Å²) in [5.74, 6) is -1.24. The Morgan fingerprint density at radius 1 is 0.900 bits per heavy atom. The molecule has 0 fully saturated rings. The highest BCUT2D eigenvalue weighted by Crippen LogP contribution is 2.20. The Kier molecular flexibility index (Phi) is 16.2. The Morgan fingerprint density at radius 2 is 1.57 bits per heavy atom. The van der Waals surface area contributed by atoms with Crippen LogP contribution in [0.25, 0.3) is 0 Å². The smallest absolute Gasteiger partial charge is 0.312 e. The third-order valence-electron chi connectivity index (χ3n) is 6.53. The number of esters is 1. The maximum atomic E-state index is 13.3. The van der Waals surface area contributed by atoms with E-state index in [1.807, 2.05) is 13.8 Å². The molecule has 0 saturated carbocycles. The molecule has 0 aliphatic heterocycles. The molecule has 0 saturated heterocycles. The lowest BCUT2D eigenvalue weighted by Crippen LogP contribution is -2.45. The van der Waals surface area contributed by atoms with Crippen LogP contribution < -0.4 is 21.7 Å². The van der Waals surface area contributed by atoms with Crippen LogP contribution in [0, 0.1) is 17.8 Å². The van der Waals surface area contributed by atoms with Crippen molar-refractivity contribution in [3.05, 3.63) is 29.8 Å². The Labute approximate surface area is 238 Å². The lowest BCUT2D eigenvalue weighted by atomic mass is 9.89. The van der Waals surface area contributed by atoms with E-state index in [0.717, 1.165) is 31.2 Å². The average molecular weight is 561 g/mol. The molecular formula is C30H48N4O6. The molecule has 0 spiro atoms. The van der Waals surface area contributed by atoms with Gasteiger partial charge in [-0.1, -0.05) is 59.1 Å². The monoisotopic (exact) mass is 560 g/mol. The van der Waals surface area contributed by atoms with Gasteiger partial charge < -0.3 is 26.4 Å². The van der Waals surface area contributed by atoms with Crippen molar-refractivity contribution in [1.29, 1.82) is 0 Å². The number of ether oxygens (including phenoxy) is 1. The fourth-order valence-corrected chi connectivity index (χ4v) is 4.25. The van der Waals surface area contributed by atoms with Crippen molar-refractivity contribution in [3.8, 4) is 0 Å². The number of hydrogen-bond acceptors (Lipinski definition) is 6. The van der Waals surface area contributed by atoms with Crippen molar-refractivity contribution >= 4 is 35.3 Å². The standard InChI is InChI=1S/C30H48N4O6/c1-20(2)10-7-6-8-12-27(37)34-28(21(3)4)26(36)18-24(11-9-17-32-30(31)39)29(38)33-25-15-13-23(14-16-25)19-40-22(5)35/h13-16,20-21,24,28H,6-12,17-19H2,1-5H3,(H,33,38)(H,34,37)(H3,31,32,39)/t24-,28+/m1/s1. The molecule has 5 N–H and O–H groups in total. The molecule has 0 heterocycles. The van der Waals surface area contributed by atoms with E-state index >= 15 is 0 Å². The first-order valence-electron chi connectivity index (χ1n) is 14.3. The molecule has 1 rings (SSSR count). The molecule has 4 amide bonds. The summed E-state index contributed by atoms with van der Waals surface area (Å²) in [6.45, 7) is 9.84. The molecule has 1 aromatic carbocycles. The van der Waals surface area contributed by atoms with Crippen LogP contribution in [0.3, 0.4) is 0 Å². The highest BCUT2D eigenvalue weighted by Gasteiger charge is 2.29. The number of rotatable bonds is 19. The van der Waals surface area contributed by atoms with Gasteiger partial charge in [0.25, 0.3) is 0 Å². The van der Waals surface area contributed by atoms with Crippen LogP contribution in [0.2, 0.25) is 0 Å². The molecule has 40 heavy (non-hydrogen) atoms. The summed E-state index contributed by atoms with van der Waals surface area (Å²) < 4.78 is 4.98. The molecule has 0 radical (unpaired) electrons. The summed E-state index contributed by atoms with van der Waals surface area (Å²) in [6, 6.07) is 5.52. The minimum absolute atomic E-state index is 0.0511. The van der Waals surface area contributed by atoms with Gasteiger partial charge in [0.15, 0.2) is 5.78 Å². The van der Waals surface area contributed by atoms with Crippen LogP contribution in [0.4, 0.5) is 10.5 Å². The van der Waals surface area contributed by atoms with E-state index in [4.69, 9.17) is 10.5 Å². The third-order valence-corrected chi connectivity index (χ3v) is 6.53. The largest absolute Gasteiger partial charge is 0.461 e. The van der Waals surface area contributed by atoms with Crippen LogP contribution >= 0.6 is 0 Å². The Morgan fingerprint density at radius 3 is 2.15 bits per heavy atom. The number of benzene rings is 1. The summed E-state index contributed by atoms with van der Waals surface area (Å²) in [5, 5.41) is 8.24. The normalized spacial score (nSPS) is 12.5. The predicted molar refractivity (Wildman–Crippen MR) is 155 cm³/mol. The molecule has 0 bridgehead atoms. The number of ketones is 1. The minimum Gasteiger partial charge on any atom is -0.461 e. The van der Waals surface area contributed by atoms with Gasteiger partial charge in [-0.3, -0.25) is 19.2 Å². The van der Waals surface area contributed by atoms with E-state index in [2.05, 4.69) is 29.8 Å². The van der Waals surface area contributed by atoms with E-state index in [1.54, 1.807) is 24.3 Å². The van der Waals surface area contributed by atoms with Crippen molar-refractivity contribution in [2.45, 2.75) is 98.6 Å². The molecule has 10 nitrogen and oxygen atoms in total. The van der Waals surface area contributed by atoms with Gasteiger partial charge in [-0.2, -0.15) is 0 Å². The number of hydrogen-bond donors (Lipinski definition) is 4. The number of urea groups is 1. The van der Waals surface area contributed by atoms with Crippen LogP contribution in [0.1, 0.15) is 91.5 Å². The lowest BCUT2D eigenvalue weighted by Gasteiger charge is -2.24. The second-order valence-corrected chi connectivity index (χ2v) is 11.0. The number of carbonyl (C=O) groups is 5. The first-order chi connectivity index (χ1) is 18.9. The zero-order valence-corrected chi connectivity index (χ0v) is 24.7. The van der Waals surface area contributed by atoms with E-state index in [0.29, 0.717) is 30.9 Å². The molecule has 2 atom stereocenters. The quantitative estimate of drug-likeness (QED) is 0.145. The van der Waals surface area contributed by atoms with Crippen LogP contribution in [-0.2, 0) is 30.5 Å². The SMILES string of the molecule is CC(=O)OCc1ccc(NC(=O)[C@H](CCCNC(N)=O)CC(=O)[C@@H](NC(=O)CCCCCC(C)C)C(C)C)cc1. The van der Waals surface area contributed by atoms with Crippen molar-refractivity contribution in [2.24, 2.45) is 23.5 Å². The summed E-state index contributed by atoms with van der Waals surface area (Å²) in [4.78, 5) is 61.2. The number of amides is 4. The van der Waals surface area contributed by atoms with E-state index < -0.39 is 18.0 Å². The Balaban J connectivity index is 2.82. The Hall–Kier alpha value is -3.43. The number of nitrogens with two attached hydrogens (primary N) is 1. The van der Waals surface area contributed by atoms with Crippen LogP contribution in [0.15, 0.2) is 24.3 Å². The predicted octanol–water partition coefficient (Wildman–Crippen LogP) is 4.46. The van der Waals surface area contributed by atoms with Crippen molar-refractivity contribution in [2.75, 3.05) is 11.9 Å². The van der Waals surface area contributed by atoms with Gasteiger partial charge in [-0.15, -0.1) is 0 Å². The number of carbonyl (C=O) groups excluding carboxylic acids is 5. The van der Waals surface area contributed by atoms with Crippen molar-refractivity contribution < 1.29 is 28.7 Å². The maximum absolute atomic E-state index is 13.3. The number of nitrogens with one attached hydrogen (secondary N) is 3. The van der Waals surface area contributed by atoms with Crippen molar-refractivity contribution in [3.63, 3.8) is 0 Å². The second kappa shape index (κ2) is 18.8. The van der Waals surface area contributed by atoms with Gasteiger partial charge in [0, 0.05) is 37.9 Å². The lowest BCUT2D eigenvalue weighted by molar-refractivity contribution is -0.142. The van der Waals surface area contributed by atoms with Gasteiger partial charge in [0.1, 0.15) is 6.61 Å². The molecule has 224 valence electrons. The molecule has 0 aliphatic rings. The highest BCUT2D eigenvalue weighted by atomic mass is 16.5. The second-order valence-electron chi connectivity index (χ2n) is 11.0. The fourth-order valence-electron chi connectivity index (χ4n) is 4.25. The number of Topliss-reactive ketones (excluding diaryl/α,β-unsaturated/α-hetero) is 1. The van der Waals surface area contributed by atoms with Crippen molar-refractivity contribution in [1.82, 2.24) is 10.6 Å². The molecule has 0 unspecified atom stereocenters. The summed E-state index contributed by atoms with van der Waals surface area (Å²) in [5.41, 5.74) is 6.44. The number of primary amides is 1. The molecular weight excluding hydrogens is 512 g/mol. The maximum Gasteiger partial charge on any atom is 0.312 e.